The molecule has 0 aliphatic rings. The van der Waals surface area contributed by atoms with E-state index < -0.39 is 0 Å². The number of hydrogen-bond donors (Lipinski definition) is 1. The Morgan fingerprint density at radius 1 is 1.12 bits per heavy atom. The smallest absolute Gasteiger partial charge is 0.264 e. The number of para-hydroxylation sites is 1. The van der Waals surface area contributed by atoms with Crippen LogP contribution in [-0.4, -0.2) is 17.5 Å². The first kappa shape index (κ1) is 18.1. The van der Waals surface area contributed by atoms with Gasteiger partial charge in [-0.2, -0.15) is 0 Å². The molecule has 0 saturated carbocycles. The van der Waals surface area contributed by atoms with Crippen molar-refractivity contribution < 1.29 is 9.53 Å². The van der Waals surface area contributed by atoms with Gasteiger partial charge in [-0.25, -0.2) is 4.98 Å². The summed E-state index contributed by atoms with van der Waals surface area (Å²) in [5, 5.41) is 3.43. The Bertz CT molecular complexity index is 888. The highest BCUT2D eigenvalue weighted by molar-refractivity contribution is 7.16. The Balaban J connectivity index is 1.65. The normalized spacial score (nSPS) is 10.8. The van der Waals surface area contributed by atoms with Crippen LogP contribution in [0.25, 0.3) is 11.3 Å². The largest absolute Gasteiger partial charge is 0.483 e. The van der Waals surface area contributed by atoms with Crippen molar-refractivity contribution in [1.82, 2.24) is 4.98 Å². The zero-order valence-corrected chi connectivity index (χ0v) is 16.0. The maximum Gasteiger partial charge on any atom is 0.264 e. The lowest BCUT2D eigenvalue weighted by molar-refractivity contribution is -0.118. The van der Waals surface area contributed by atoms with Gasteiger partial charge in [0.25, 0.3) is 5.91 Å². The number of carbonyl (C=O) groups excluding carboxylic acids is 1. The summed E-state index contributed by atoms with van der Waals surface area (Å²) in [5.74, 6) is 0.874. The average molecular weight is 366 g/mol. The molecule has 0 aliphatic heterocycles. The fraction of sp³-hybridized carbons (Fsp3) is 0.238. The summed E-state index contributed by atoms with van der Waals surface area (Å²) in [6, 6.07) is 17.8. The third kappa shape index (κ3) is 4.29. The molecule has 3 aromatic rings. The van der Waals surface area contributed by atoms with Gasteiger partial charge in [-0.05, 0) is 24.5 Å². The third-order valence-corrected chi connectivity index (χ3v) is 4.88. The molecule has 1 heterocycles. The van der Waals surface area contributed by atoms with E-state index in [1.54, 1.807) is 0 Å². The summed E-state index contributed by atoms with van der Waals surface area (Å²) >= 11 is 1.47. The van der Waals surface area contributed by atoms with Gasteiger partial charge in [-0.15, -0.1) is 11.3 Å². The van der Waals surface area contributed by atoms with Crippen LogP contribution >= 0.6 is 11.3 Å². The Morgan fingerprint density at radius 3 is 2.54 bits per heavy atom. The van der Waals surface area contributed by atoms with Gasteiger partial charge in [0.15, 0.2) is 11.7 Å². The van der Waals surface area contributed by atoms with E-state index in [-0.39, 0.29) is 12.5 Å². The van der Waals surface area contributed by atoms with E-state index in [9.17, 15) is 4.79 Å². The van der Waals surface area contributed by atoms with E-state index in [0.717, 1.165) is 27.4 Å². The second-order valence-electron chi connectivity index (χ2n) is 6.32. The highest BCUT2D eigenvalue weighted by Gasteiger charge is 2.13. The van der Waals surface area contributed by atoms with Gasteiger partial charge in [-0.3, -0.25) is 10.1 Å². The number of amides is 1. The molecule has 26 heavy (non-hydrogen) atoms. The second-order valence-corrected chi connectivity index (χ2v) is 7.52. The van der Waals surface area contributed by atoms with Crippen LogP contribution in [0.15, 0.2) is 54.6 Å². The molecule has 2 aromatic carbocycles. The standard InChI is InChI=1S/C21H22N2O2S/c1-14(2)17-11-7-8-12-18(17)25-13-19(24)22-21-23-20(15(3)26-21)16-9-5-4-6-10-16/h4-12,14H,13H2,1-3H3,(H,22,23,24). The number of nitrogens with zero attached hydrogens (tertiary/aromatic N) is 1. The van der Waals surface area contributed by atoms with Crippen LogP contribution < -0.4 is 10.1 Å². The van der Waals surface area contributed by atoms with Gasteiger partial charge in [0.05, 0.1) is 5.69 Å². The van der Waals surface area contributed by atoms with Crippen LogP contribution in [0.4, 0.5) is 5.13 Å². The summed E-state index contributed by atoms with van der Waals surface area (Å²) in [5.41, 5.74) is 3.04. The molecule has 0 spiro atoms. The molecule has 1 aromatic heterocycles. The molecule has 1 amide bonds. The number of ether oxygens (including phenoxy) is 1. The third-order valence-electron chi connectivity index (χ3n) is 3.99. The molecule has 0 atom stereocenters. The molecule has 1 N–H and O–H groups in total. The summed E-state index contributed by atoms with van der Waals surface area (Å²) < 4.78 is 5.72. The van der Waals surface area contributed by atoms with E-state index in [1.807, 2.05) is 61.5 Å². The van der Waals surface area contributed by atoms with Crippen molar-refractivity contribution in [3.8, 4) is 17.0 Å². The number of anilines is 1. The zero-order valence-electron chi connectivity index (χ0n) is 15.2. The van der Waals surface area contributed by atoms with Crippen molar-refractivity contribution in [1.29, 1.82) is 0 Å². The highest BCUT2D eigenvalue weighted by Crippen LogP contribution is 2.30. The number of rotatable bonds is 6. The second kappa shape index (κ2) is 8.15. The average Bonchev–Trinajstić information content (AvgIpc) is 3.01. The molecular weight excluding hydrogens is 344 g/mol. The summed E-state index contributed by atoms with van der Waals surface area (Å²) in [4.78, 5) is 17.9. The first-order valence-corrected chi connectivity index (χ1v) is 9.40. The van der Waals surface area contributed by atoms with E-state index in [4.69, 9.17) is 4.74 Å². The summed E-state index contributed by atoms with van der Waals surface area (Å²) in [6.45, 7) is 6.17. The molecule has 134 valence electrons. The van der Waals surface area contributed by atoms with Gasteiger partial charge >= 0.3 is 0 Å². The molecule has 0 bridgehead atoms. The van der Waals surface area contributed by atoms with Crippen molar-refractivity contribution in [3.63, 3.8) is 0 Å². The number of aryl methyl sites for hydroxylation is 1. The van der Waals surface area contributed by atoms with Crippen LogP contribution in [-0.2, 0) is 4.79 Å². The predicted octanol–water partition coefficient (Wildman–Crippen LogP) is 5.26. The molecule has 5 heteroatoms. The Kier molecular flexibility index (Phi) is 5.68. The van der Waals surface area contributed by atoms with Gasteiger partial charge < -0.3 is 4.74 Å². The fourth-order valence-electron chi connectivity index (χ4n) is 2.70. The maximum atomic E-state index is 12.3. The highest BCUT2D eigenvalue weighted by atomic mass is 32.1. The number of aromatic nitrogens is 1. The molecule has 3 rings (SSSR count). The van der Waals surface area contributed by atoms with E-state index in [0.29, 0.717) is 11.0 Å². The van der Waals surface area contributed by atoms with Crippen LogP contribution in [0.5, 0.6) is 5.75 Å². The SMILES string of the molecule is Cc1sc(NC(=O)COc2ccccc2C(C)C)nc1-c1ccccc1. The molecule has 0 unspecified atom stereocenters. The Morgan fingerprint density at radius 2 is 1.81 bits per heavy atom. The summed E-state index contributed by atoms with van der Waals surface area (Å²) in [7, 11) is 0. The van der Waals surface area contributed by atoms with Crippen molar-refractivity contribution in [2.45, 2.75) is 26.7 Å². The van der Waals surface area contributed by atoms with Crippen molar-refractivity contribution in [2.24, 2.45) is 0 Å². The minimum absolute atomic E-state index is 0.0387. The number of hydrogen-bond acceptors (Lipinski definition) is 4. The molecular formula is C21H22N2O2S. The van der Waals surface area contributed by atoms with E-state index >= 15 is 0 Å². The van der Waals surface area contributed by atoms with Gasteiger partial charge in [0, 0.05) is 10.4 Å². The lowest BCUT2D eigenvalue weighted by Gasteiger charge is -2.13. The monoisotopic (exact) mass is 366 g/mol. The first-order valence-electron chi connectivity index (χ1n) is 8.59. The minimum Gasteiger partial charge on any atom is -0.483 e. The zero-order chi connectivity index (χ0) is 18.5. The van der Waals surface area contributed by atoms with Crippen LogP contribution in [0.3, 0.4) is 0 Å². The van der Waals surface area contributed by atoms with Crippen LogP contribution in [0.1, 0.15) is 30.2 Å². The number of thiazole rings is 1. The van der Waals surface area contributed by atoms with E-state index in [2.05, 4.69) is 24.1 Å². The Labute approximate surface area is 157 Å². The van der Waals surface area contributed by atoms with Crippen molar-refractivity contribution in [3.05, 3.63) is 65.0 Å². The number of carbonyl (C=O) groups is 1. The minimum atomic E-state index is -0.211. The lowest BCUT2D eigenvalue weighted by atomic mass is 10.0. The lowest BCUT2D eigenvalue weighted by Crippen LogP contribution is -2.20. The Hall–Kier alpha value is -2.66. The predicted molar refractivity (Wildman–Crippen MR) is 107 cm³/mol. The molecule has 0 fully saturated rings. The molecule has 0 aliphatic carbocycles. The first-order chi connectivity index (χ1) is 12.5. The van der Waals surface area contributed by atoms with Crippen LogP contribution in [0.2, 0.25) is 0 Å². The maximum absolute atomic E-state index is 12.3. The topological polar surface area (TPSA) is 51.2 Å². The number of nitrogens with one attached hydrogen (secondary N) is 1. The van der Waals surface area contributed by atoms with E-state index in [1.165, 1.54) is 11.3 Å². The van der Waals surface area contributed by atoms with Crippen molar-refractivity contribution in [2.75, 3.05) is 11.9 Å². The molecule has 4 nitrogen and oxygen atoms in total. The quantitative estimate of drug-likeness (QED) is 0.647. The number of benzene rings is 2. The molecule has 0 saturated heterocycles. The summed E-state index contributed by atoms with van der Waals surface area (Å²) in [6.07, 6.45) is 0. The van der Waals surface area contributed by atoms with Crippen LogP contribution in [0, 0.1) is 6.92 Å². The van der Waals surface area contributed by atoms with Gasteiger partial charge in [0.2, 0.25) is 0 Å². The molecule has 0 radical (unpaired) electrons. The van der Waals surface area contributed by atoms with Gasteiger partial charge in [-0.1, -0.05) is 62.4 Å². The fourth-order valence-corrected chi connectivity index (χ4v) is 3.55. The van der Waals surface area contributed by atoms with Crippen molar-refractivity contribution >= 4 is 22.4 Å². The van der Waals surface area contributed by atoms with Gasteiger partial charge in [0.1, 0.15) is 5.75 Å².